The van der Waals surface area contributed by atoms with Crippen molar-refractivity contribution >= 4 is 22.7 Å². The Morgan fingerprint density at radius 1 is 1.03 bits per heavy atom. The van der Waals surface area contributed by atoms with E-state index in [9.17, 15) is 9.59 Å². The van der Waals surface area contributed by atoms with Crippen molar-refractivity contribution < 1.29 is 9.59 Å². The molecule has 144 valence electrons. The number of para-hydroxylation sites is 1. The Bertz CT molecular complexity index is 1250. The summed E-state index contributed by atoms with van der Waals surface area (Å²) in [5.41, 5.74) is 14.5. The van der Waals surface area contributed by atoms with Crippen LogP contribution in [0.25, 0.3) is 22.0 Å². The number of carbonyl (C=O) groups excluding carboxylic acids is 2. The monoisotopic (exact) mass is 386 g/mol. The zero-order chi connectivity index (χ0) is 20.5. The van der Waals surface area contributed by atoms with E-state index in [1.807, 2.05) is 12.1 Å². The van der Waals surface area contributed by atoms with Gasteiger partial charge in [-0.3, -0.25) is 19.3 Å². The van der Waals surface area contributed by atoms with Crippen LogP contribution >= 0.6 is 0 Å². The highest BCUT2D eigenvalue weighted by Crippen LogP contribution is 2.33. The third kappa shape index (κ3) is 3.31. The Morgan fingerprint density at radius 3 is 2.45 bits per heavy atom. The molecular formula is C21H18N6O2. The molecule has 8 nitrogen and oxygen atoms in total. The van der Waals surface area contributed by atoms with E-state index >= 15 is 0 Å². The van der Waals surface area contributed by atoms with E-state index in [2.05, 4.69) is 15.1 Å². The summed E-state index contributed by atoms with van der Waals surface area (Å²) in [4.78, 5) is 33.0. The number of primary amides is 2. The van der Waals surface area contributed by atoms with Gasteiger partial charge in [-0.2, -0.15) is 5.10 Å². The summed E-state index contributed by atoms with van der Waals surface area (Å²) in [7, 11) is 0. The normalized spacial score (nSPS) is 10.9. The number of benzene rings is 1. The van der Waals surface area contributed by atoms with Gasteiger partial charge in [0.05, 0.1) is 23.3 Å². The second-order valence-corrected chi connectivity index (χ2v) is 6.64. The lowest BCUT2D eigenvalue weighted by atomic mass is 9.94. The van der Waals surface area contributed by atoms with Gasteiger partial charge in [0, 0.05) is 35.1 Å². The average Bonchev–Trinajstić information content (AvgIpc) is 3.06. The van der Waals surface area contributed by atoms with Crippen molar-refractivity contribution in [2.24, 2.45) is 11.5 Å². The first kappa shape index (κ1) is 18.3. The van der Waals surface area contributed by atoms with Gasteiger partial charge in [-0.1, -0.05) is 18.2 Å². The van der Waals surface area contributed by atoms with Crippen LogP contribution in [-0.4, -0.2) is 31.6 Å². The number of rotatable bonds is 5. The van der Waals surface area contributed by atoms with Gasteiger partial charge >= 0.3 is 0 Å². The largest absolute Gasteiger partial charge is 0.366 e. The minimum atomic E-state index is -0.741. The number of hydrogen-bond acceptors (Lipinski definition) is 5. The second kappa shape index (κ2) is 7.16. The summed E-state index contributed by atoms with van der Waals surface area (Å²) in [6.07, 6.45) is 5.17. The summed E-state index contributed by atoms with van der Waals surface area (Å²) in [6.45, 7) is 2.30. The molecule has 0 spiro atoms. The topological polar surface area (TPSA) is 130 Å². The smallest absolute Gasteiger partial charge is 0.267 e. The minimum absolute atomic E-state index is 0.0101. The van der Waals surface area contributed by atoms with Gasteiger partial charge in [0.25, 0.3) is 5.91 Å². The highest BCUT2D eigenvalue weighted by atomic mass is 16.1. The van der Waals surface area contributed by atoms with Crippen LogP contribution in [0.4, 0.5) is 0 Å². The molecule has 0 aliphatic heterocycles. The van der Waals surface area contributed by atoms with Gasteiger partial charge in [-0.25, -0.2) is 4.98 Å². The molecule has 0 unspecified atom stereocenters. The van der Waals surface area contributed by atoms with Gasteiger partial charge in [0.1, 0.15) is 5.69 Å². The number of amides is 2. The number of nitrogens with zero attached hydrogens (tertiary/aromatic N) is 4. The molecule has 0 saturated carbocycles. The summed E-state index contributed by atoms with van der Waals surface area (Å²) in [5, 5.41) is 5.08. The standard InChI is InChI=1S/C21H18N6O2/c1-12-15(11-27(26-12)10-13-6-8-24-9-7-13)17-18(20(22)28)14-4-2-3-5-16(14)25-19(17)21(23)29/h2-9,11H,10H2,1H3,(H2,22,28)(H2,23,29). The fraction of sp³-hybridized carbons (Fsp3) is 0.0952. The molecule has 0 atom stereocenters. The Labute approximate surface area is 166 Å². The van der Waals surface area contributed by atoms with Crippen LogP contribution < -0.4 is 11.5 Å². The lowest BCUT2D eigenvalue weighted by Gasteiger charge is -2.13. The minimum Gasteiger partial charge on any atom is -0.366 e. The van der Waals surface area contributed by atoms with Gasteiger partial charge in [0.15, 0.2) is 0 Å². The molecular weight excluding hydrogens is 368 g/mol. The van der Waals surface area contributed by atoms with Gasteiger partial charge in [0.2, 0.25) is 5.91 Å². The molecule has 0 aliphatic rings. The molecule has 1 aromatic carbocycles. The molecule has 0 saturated heterocycles. The Morgan fingerprint density at radius 2 is 1.76 bits per heavy atom. The van der Waals surface area contributed by atoms with Gasteiger partial charge in [-0.15, -0.1) is 0 Å². The van der Waals surface area contributed by atoms with Crippen molar-refractivity contribution in [2.45, 2.75) is 13.5 Å². The fourth-order valence-corrected chi connectivity index (χ4v) is 3.43. The lowest BCUT2D eigenvalue weighted by molar-refractivity contribution is 0.0996. The molecule has 3 aromatic heterocycles. The third-order valence-electron chi connectivity index (χ3n) is 4.68. The Balaban J connectivity index is 1.96. The van der Waals surface area contributed by atoms with E-state index < -0.39 is 11.8 Å². The maximum absolute atomic E-state index is 12.4. The zero-order valence-electron chi connectivity index (χ0n) is 15.7. The summed E-state index contributed by atoms with van der Waals surface area (Å²) in [5.74, 6) is -1.41. The molecule has 4 rings (SSSR count). The molecule has 0 aliphatic carbocycles. The van der Waals surface area contributed by atoms with Crippen LogP contribution in [-0.2, 0) is 6.54 Å². The summed E-state index contributed by atoms with van der Waals surface area (Å²) >= 11 is 0. The first-order valence-electron chi connectivity index (χ1n) is 8.91. The van der Waals surface area contributed by atoms with Gasteiger partial charge < -0.3 is 11.5 Å². The lowest BCUT2D eigenvalue weighted by Crippen LogP contribution is -2.20. The van der Waals surface area contributed by atoms with Crippen molar-refractivity contribution in [1.82, 2.24) is 19.7 Å². The van der Waals surface area contributed by atoms with Crippen LogP contribution in [0.3, 0.4) is 0 Å². The molecule has 0 bridgehead atoms. The van der Waals surface area contributed by atoms with Crippen LogP contribution in [0, 0.1) is 6.92 Å². The predicted octanol–water partition coefficient (Wildman–Crippen LogP) is 2.05. The van der Waals surface area contributed by atoms with Crippen molar-refractivity contribution in [3.63, 3.8) is 0 Å². The highest BCUT2D eigenvalue weighted by molar-refractivity contribution is 6.15. The van der Waals surface area contributed by atoms with E-state index in [0.717, 1.165) is 5.56 Å². The van der Waals surface area contributed by atoms with Crippen molar-refractivity contribution in [3.05, 3.63) is 77.5 Å². The number of carbonyl (C=O) groups is 2. The van der Waals surface area contributed by atoms with Crippen molar-refractivity contribution in [2.75, 3.05) is 0 Å². The predicted molar refractivity (Wildman–Crippen MR) is 108 cm³/mol. The number of aryl methyl sites for hydroxylation is 1. The van der Waals surface area contributed by atoms with Crippen LogP contribution in [0.1, 0.15) is 32.1 Å². The average molecular weight is 386 g/mol. The van der Waals surface area contributed by atoms with E-state index in [1.54, 1.807) is 54.5 Å². The molecule has 3 heterocycles. The first-order valence-corrected chi connectivity index (χ1v) is 8.91. The van der Waals surface area contributed by atoms with Crippen LogP contribution in [0.5, 0.6) is 0 Å². The third-order valence-corrected chi connectivity index (χ3v) is 4.68. The molecule has 4 N–H and O–H groups in total. The number of aromatic nitrogens is 4. The molecule has 2 amide bonds. The Hall–Kier alpha value is -4.07. The zero-order valence-corrected chi connectivity index (χ0v) is 15.7. The van der Waals surface area contributed by atoms with E-state index in [0.29, 0.717) is 34.3 Å². The van der Waals surface area contributed by atoms with Crippen molar-refractivity contribution in [3.8, 4) is 11.1 Å². The highest BCUT2D eigenvalue weighted by Gasteiger charge is 2.25. The van der Waals surface area contributed by atoms with Crippen molar-refractivity contribution in [1.29, 1.82) is 0 Å². The van der Waals surface area contributed by atoms with E-state index in [-0.39, 0.29) is 11.3 Å². The van der Waals surface area contributed by atoms with Crippen LogP contribution in [0.2, 0.25) is 0 Å². The van der Waals surface area contributed by atoms with E-state index in [4.69, 9.17) is 11.5 Å². The second-order valence-electron chi connectivity index (χ2n) is 6.64. The van der Waals surface area contributed by atoms with Crippen LogP contribution in [0.15, 0.2) is 55.0 Å². The maximum atomic E-state index is 12.4. The quantitative estimate of drug-likeness (QED) is 0.542. The number of pyridine rings is 2. The first-order chi connectivity index (χ1) is 14.0. The van der Waals surface area contributed by atoms with E-state index in [1.165, 1.54) is 0 Å². The van der Waals surface area contributed by atoms with Gasteiger partial charge in [-0.05, 0) is 30.7 Å². The maximum Gasteiger partial charge on any atom is 0.267 e. The molecule has 8 heteroatoms. The summed E-state index contributed by atoms with van der Waals surface area (Å²) in [6, 6.07) is 10.8. The molecule has 0 fully saturated rings. The molecule has 4 aromatic rings. The number of nitrogens with two attached hydrogens (primary N) is 2. The number of hydrogen-bond donors (Lipinski definition) is 2. The molecule has 29 heavy (non-hydrogen) atoms. The fourth-order valence-electron chi connectivity index (χ4n) is 3.43. The SMILES string of the molecule is Cc1nn(Cc2ccncc2)cc1-c1c(C(N)=O)nc2ccccc2c1C(N)=O. The summed E-state index contributed by atoms with van der Waals surface area (Å²) < 4.78 is 1.73. The molecule has 0 radical (unpaired) electrons. The Kier molecular flexibility index (Phi) is 4.52. The number of fused-ring (bicyclic) bond motifs is 1.